The predicted molar refractivity (Wildman–Crippen MR) is 87.7 cm³/mol. The third kappa shape index (κ3) is 5.84. The van der Waals surface area contributed by atoms with E-state index in [0.717, 1.165) is 12.1 Å². The maximum absolute atomic E-state index is 12.0. The Hall–Kier alpha value is -1.28. The second kappa shape index (κ2) is 7.82. The minimum absolute atomic E-state index is 0.195. The summed E-state index contributed by atoms with van der Waals surface area (Å²) in [7, 11) is 0. The van der Waals surface area contributed by atoms with E-state index in [-0.39, 0.29) is 5.91 Å². The summed E-state index contributed by atoms with van der Waals surface area (Å²) in [6.45, 7) is 8.33. The van der Waals surface area contributed by atoms with Crippen LogP contribution in [-0.4, -0.2) is 45.7 Å². The van der Waals surface area contributed by atoms with Crippen LogP contribution in [0.3, 0.4) is 0 Å². The first-order valence-corrected chi connectivity index (χ1v) is 8.02. The molecule has 0 radical (unpaired) electrons. The van der Waals surface area contributed by atoms with Crippen LogP contribution in [0.25, 0.3) is 0 Å². The van der Waals surface area contributed by atoms with E-state index in [1.807, 2.05) is 27.7 Å². The first-order valence-electron chi connectivity index (χ1n) is 7.31. The molecule has 1 atom stereocenters. The van der Waals surface area contributed by atoms with E-state index in [0.29, 0.717) is 19.6 Å². The largest absolute Gasteiger partial charge is 0.443 e. The van der Waals surface area contributed by atoms with Crippen LogP contribution in [0.4, 0.5) is 4.79 Å². The molecule has 0 spiro atoms. The second-order valence-corrected chi connectivity index (χ2v) is 7.03. The van der Waals surface area contributed by atoms with Crippen LogP contribution in [0.2, 0.25) is 0 Å². The Balaban J connectivity index is 2.61. The molecule has 0 saturated heterocycles. The Morgan fingerprint density at radius 2 is 2.14 bits per heavy atom. The van der Waals surface area contributed by atoms with Crippen LogP contribution >= 0.6 is 16.1 Å². The number of hydrogen-bond acceptors (Lipinski definition) is 5. The van der Waals surface area contributed by atoms with Crippen molar-refractivity contribution in [1.82, 2.24) is 14.1 Å². The van der Waals surface area contributed by atoms with E-state index >= 15 is 0 Å². The summed E-state index contributed by atoms with van der Waals surface area (Å²) in [5.74, 6) is -0.195. The summed E-state index contributed by atoms with van der Waals surface area (Å²) in [5, 5.41) is 2.76. The molecule has 1 rings (SSSR count). The van der Waals surface area contributed by atoms with Crippen LogP contribution in [-0.2, 0) is 9.53 Å². The van der Waals surface area contributed by atoms with E-state index in [9.17, 15) is 9.59 Å². The zero-order valence-electron chi connectivity index (χ0n) is 13.6. The molecule has 0 aromatic heterocycles. The minimum Gasteiger partial charge on any atom is -0.443 e. The normalized spacial score (nSPS) is 16.4. The standard InChI is InChI=1S/C14H25BrN4O3/c1-5-6-17-12(20)11(16)7-10-8-18(9-19(10)15)13(21)22-14(2,3)4/h8,11H,5-7,9,16H2,1-4H3,(H,17,20). The minimum atomic E-state index is -0.656. The van der Waals surface area contributed by atoms with Gasteiger partial charge in [0.2, 0.25) is 5.91 Å². The number of nitrogens with two attached hydrogens (primary N) is 1. The van der Waals surface area contributed by atoms with Gasteiger partial charge in [0.15, 0.2) is 0 Å². The molecule has 1 aliphatic heterocycles. The van der Waals surface area contributed by atoms with Gasteiger partial charge in [-0.3, -0.25) is 13.6 Å². The summed E-state index contributed by atoms with van der Waals surface area (Å²) < 4.78 is 7.01. The highest BCUT2D eigenvalue weighted by molar-refractivity contribution is 9.07. The van der Waals surface area contributed by atoms with Crippen molar-refractivity contribution in [1.29, 1.82) is 0 Å². The van der Waals surface area contributed by atoms with E-state index in [2.05, 4.69) is 21.5 Å². The molecule has 1 unspecified atom stereocenters. The van der Waals surface area contributed by atoms with Gasteiger partial charge in [-0.15, -0.1) is 0 Å². The highest BCUT2D eigenvalue weighted by Gasteiger charge is 2.29. The smallest absolute Gasteiger partial charge is 0.415 e. The van der Waals surface area contributed by atoms with Crippen molar-refractivity contribution < 1.29 is 14.3 Å². The Bertz CT molecular complexity index is 448. The van der Waals surface area contributed by atoms with Gasteiger partial charge < -0.3 is 15.8 Å². The topological polar surface area (TPSA) is 87.9 Å². The van der Waals surface area contributed by atoms with Gasteiger partial charge in [0, 0.05) is 24.9 Å². The molecule has 126 valence electrons. The van der Waals surface area contributed by atoms with Gasteiger partial charge in [-0.1, -0.05) is 6.92 Å². The molecule has 0 aromatic carbocycles. The lowest BCUT2D eigenvalue weighted by Crippen LogP contribution is -2.41. The molecular weight excluding hydrogens is 352 g/mol. The van der Waals surface area contributed by atoms with Crippen LogP contribution in [0.5, 0.6) is 0 Å². The zero-order chi connectivity index (χ0) is 16.9. The molecule has 7 nitrogen and oxygen atoms in total. The maximum atomic E-state index is 12.0. The molecule has 8 heteroatoms. The Kier molecular flexibility index (Phi) is 6.67. The van der Waals surface area contributed by atoms with Crippen LogP contribution in [0.15, 0.2) is 11.9 Å². The SMILES string of the molecule is CCCNC(=O)C(N)CC1=CN(C(=O)OC(C)(C)C)CN1Br. The lowest BCUT2D eigenvalue weighted by molar-refractivity contribution is -0.122. The lowest BCUT2D eigenvalue weighted by Gasteiger charge is -2.23. The van der Waals surface area contributed by atoms with Crippen molar-refractivity contribution in [2.45, 2.75) is 52.2 Å². The number of rotatable bonds is 5. The number of amides is 2. The number of carbonyl (C=O) groups is 2. The van der Waals surface area contributed by atoms with Gasteiger partial charge in [-0.05, 0) is 27.2 Å². The number of nitrogens with one attached hydrogen (secondary N) is 1. The first kappa shape index (κ1) is 18.8. The van der Waals surface area contributed by atoms with E-state index in [1.165, 1.54) is 4.90 Å². The fraction of sp³-hybridized carbons (Fsp3) is 0.714. The summed E-state index contributed by atoms with van der Waals surface area (Å²) in [5.41, 5.74) is 6.09. The highest BCUT2D eigenvalue weighted by Crippen LogP contribution is 2.25. The van der Waals surface area contributed by atoms with Crippen molar-refractivity contribution >= 4 is 28.1 Å². The number of carbonyl (C=O) groups excluding carboxylic acids is 2. The predicted octanol–water partition coefficient (Wildman–Crippen LogP) is 1.89. The van der Waals surface area contributed by atoms with Gasteiger partial charge in [0.05, 0.1) is 22.2 Å². The van der Waals surface area contributed by atoms with Gasteiger partial charge >= 0.3 is 6.09 Å². The number of nitrogens with zero attached hydrogens (tertiary/aromatic N) is 2. The average molecular weight is 377 g/mol. The summed E-state index contributed by atoms with van der Waals surface area (Å²) in [4.78, 5) is 25.2. The monoisotopic (exact) mass is 376 g/mol. The van der Waals surface area contributed by atoms with Crippen molar-refractivity contribution in [2.75, 3.05) is 13.2 Å². The fourth-order valence-corrected chi connectivity index (χ4v) is 2.27. The van der Waals surface area contributed by atoms with Crippen LogP contribution in [0.1, 0.15) is 40.5 Å². The molecule has 1 heterocycles. The Morgan fingerprint density at radius 1 is 1.50 bits per heavy atom. The maximum Gasteiger partial charge on any atom is 0.415 e. The van der Waals surface area contributed by atoms with Crippen molar-refractivity contribution in [3.8, 4) is 0 Å². The molecule has 0 fully saturated rings. The molecule has 3 N–H and O–H groups in total. The number of halogens is 1. The van der Waals surface area contributed by atoms with Crippen molar-refractivity contribution in [3.05, 3.63) is 11.9 Å². The van der Waals surface area contributed by atoms with Crippen LogP contribution in [0, 0.1) is 0 Å². The van der Waals surface area contributed by atoms with Crippen molar-refractivity contribution in [2.24, 2.45) is 5.73 Å². The first-order chi connectivity index (χ1) is 10.1. The summed E-state index contributed by atoms with van der Waals surface area (Å²) in [6.07, 6.45) is 2.41. The van der Waals surface area contributed by atoms with E-state index in [4.69, 9.17) is 10.5 Å². The van der Waals surface area contributed by atoms with E-state index in [1.54, 1.807) is 10.1 Å². The molecule has 2 amide bonds. The van der Waals surface area contributed by atoms with Crippen molar-refractivity contribution in [3.63, 3.8) is 0 Å². The second-order valence-electron chi connectivity index (χ2n) is 6.18. The quantitative estimate of drug-likeness (QED) is 0.715. The Labute approximate surface area is 140 Å². The highest BCUT2D eigenvalue weighted by atomic mass is 79.9. The van der Waals surface area contributed by atoms with E-state index < -0.39 is 17.7 Å². The molecule has 0 aliphatic carbocycles. The van der Waals surface area contributed by atoms with Gasteiger partial charge in [-0.2, -0.15) is 0 Å². The molecule has 0 bridgehead atoms. The number of hydrogen-bond donors (Lipinski definition) is 2. The Morgan fingerprint density at radius 3 is 2.68 bits per heavy atom. The molecule has 1 aliphatic rings. The van der Waals surface area contributed by atoms with Gasteiger partial charge in [0.1, 0.15) is 12.3 Å². The fourth-order valence-electron chi connectivity index (χ4n) is 1.79. The van der Waals surface area contributed by atoms with Gasteiger partial charge in [-0.25, -0.2) is 4.79 Å². The summed E-state index contributed by atoms with van der Waals surface area (Å²) >= 11 is 3.35. The van der Waals surface area contributed by atoms with Crippen LogP contribution < -0.4 is 11.1 Å². The molecule has 22 heavy (non-hydrogen) atoms. The average Bonchev–Trinajstić information content (AvgIpc) is 2.75. The van der Waals surface area contributed by atoms with Gasteiger partial charge in [0.25, 0.3) is 0 Å². The molecular formula is C14H25BrN4O3. The number of ether oxygens (including phenoxy) is 1. The lowest BCUT2D eigenvalue weighted by atomic mass is 10.1. The zero-order valence-corrected chi connectivity index (χ0v) is 15.1. The summed E-state index contributed by atoms with van der Waals surface area (Å²) in [6, 6.07) is -0.656. The molecule has 0 aromatic rings. The molecule has 0 saturated carbocycles. The third-order valence-electron chi connectivity index (χ3n) is 2.84. The third-order valence-corrected chi connectivity index (χ3v) is 3.52.